The molecule has 0 bridgehead atoms. The van der Waals surface area contributed by atoms with Gasteiger partial charge in [-0.3, -0.25) is 4.79 Å². The topological polar surface area (TPSA) is 59.6 Å². The number of hydrogen-bond donors (Lipinski definition) is 2. The Hall–Kier alpha value is -2.69. The van der Waals surface area contributed by atoms with Gasteiger partial charge in [0.15, 0.2) is 11.5 Å². The standard InChI is InChI=1S/C22H30N2O3/c1-7-26-19-10-9-18(13-20(19)27-8-2)23-17(6)22(25)24-21-15(4)11-14(3)12-16(21)5/h9-13,17,23H,7-8H2,1-6H3,(H,24,25)/t17-/m0/s1. The van der Waals surface area contributed by atoms with E-state index in [2.05, 4.69) is 29.7 Å². The summed E-state index contributed by atoms with van der Waals surface area (Å²) in [6, 6.07) is 9.34. The number of hydrogen-bond acceptors (Lipinski definition) is 4. The highest BCUT2D eigenvalue weighted by Crippen LogP contribution is 2.31. The highest BCUT2D eigenvalue weighted by Gasteiger charge is 2.16. The molecule has 0 radical (unpaired) electrons. The molecule has 0 saturated carbocycles. The highest BCUT2D eigenvalue weighted by molar-refractivity contribution is 5.97. The third-order valence-electron chi connectivity index (χ3n) is 4.25. The first-order valence-electron chi connectivity index (χ1n) is 9.40. The van der Waals surface area contributed by atoms with Gasteiger partial charge in [0.25, 0.3) is 0 Å². The van der Waals surface area contributed by atoms with Crippen LogP contribution in [0.4, 0.5) is 11.4 Å². The number of anilines is 2. The van der Waals surface area contributed by atoms with Crippen LogP contribution >= 0.6 is 0 Å². The zero-order valence-corrected chi connectivity index (χ0v) is 17.1. The summed E-state index contributed by atoms with van der Waals surface area (Å²) >= 11 is 0. The molecule has 2 aromatic rings. The van der Waals surface area contributed by atoms with Gasteiger partial charge in [0.1, 0.15) is 6.04 Å². The summed E-state index contributed by atoms with van der Waals surface area (Å²) in [4.78, 5) is 12.7. The molecule has 0 fully saturated rings. The average Bonchev–Trinajstić information content (AvgIpc) is 2.60. The van der Waals surface area contributed by atoms with E-state index in [-0.39, 0.29) is 5.91 Å². The van der Waals surface area contributed by atoms with Crippen LogP contribution in [0.3, 0.4) is 0 Å². The average molecular weight is 370 g/mol. The van der Waals surface area contributed by atoms with Crippen LogP contribution < -0.4 is 20.1 Å². The van der Waals surface area contributed by atoms with E-state index >= 15 is 0 Å². The molecule has 0 heterocycles. The molecule has 0 aromatic heterocycles. The molecular formula is C22H30N2O3. The number of rotatable bonds is 8. The molecular weight excluding hydrogens is 340 g/mol. The maximum absolute atomic E-state index is 12.7. The first-order chi connectivity index (χ1) is 12.8. The van der Waals surface area contributed by atoms with Crippen molar-refractivity contribution in [3.8, 4) is 11.5 Å². The van der Waals surface area contributed by atoms with Gasteiger partial charge in [-0.15, -0.1) is 0 Å². The minimum absolute atomic E-state index is 0.0862. The van der Waals surface area contributed by atoms with Crippen LogP contribution in [0, 0.1) is 20.8 Å². The second-order valence-electron chi connectivity index (χ2n) is 6.66. The van der Waals surface area contributed by atoms with Crippen LogP contribution in [0.25, 0.3) is 0 Å². The summed E-state index contributed by atoms with van der Waals surface area (Å²) < 4.78 is 11.2. The molecule has 2 aromatic carbocycles. The molecule has 0 aliphatic heterocycles. The van der Waals surface area contributed by atoms with Crippen LogP contribution in [-0.4, -0.2) is 25.2 Å². The second-order valence-corrected chi connectivity index (χ2v) is 6.66. The third-order valence-corrected chi connectivity index (χ3v) is 4.25. The van der Waals surface area contributed by atoms with Gasteiger partial charge in [-0.1, -0.05) is 17.7 Å². The molecule has 1 amide bonds. The Morgan fingerprint density at radius 1 is 0.963 bits per heavy atom. The lowest BCUT2D eigenvalue weighted by Gasteiger charge is -2.19. The normalized spacial score (nSPS) is 11.6. The van der Waals surface area contributed by atoms with Crippen molar-refractivity contribution in [2.75, 3.05) is 23.8 Å². The first-order valence-corrected chi connectivity index (χ1v) is 9.40. The van der Waals surface area contributed by atoms with E-state index in [0.717, 1.165) is 22.5 Å². The Balaban J connectivity index is 2.11. The summed E-state index contributed by atoms with van der Waals surface area (Å²) in [6.07, 6.45) is 0. The van der Waals surface area contributed by atoms with Crippen LogP contribution in [-0.2, 0) is 4.79 Å². The van der Waals surface area contributed by atoms with Crippen molar-refractivity contribution in [1.29, 1.82) is 0 Å². The maximum atomic E-state index is 12.7. The number of aryl methyl sites for hydroxylation is 3. The van der Waals surface area contributed by atoms with E-state index in [1.165, 1.54) is 5.56 Å². The Kier molecular flexibility index (Phi) is 7.11. The minimum atomic E-state index is -0.405. The van der Waals surface area contributed by atoms with Crippen molar-refractivity contribution in [3.63, 3.8) is 0 Å². The van der Waals surface area contributed by atoms with E-state index in [1.54, 1.807) is 0 Å². The van der Waals surface area contributed by atoms with E-state index in [0.29, 0.717) is 24.7 Å². The SMILES string of the molecule is CCOc1ccc(N[C@@H](C)C(=O)Nc2c(C)cc(C)cc2C)cc1OCC. The molecule has 1 atom stereocenters. The smallest absolute Gasteiger partial charge is 0.246 e. The summed E-state index contributed by atoms with van der Waals surface area (Å²) in [6.45, 7) is 12.9. The minimum Gasteiger partial charge on any atom is -0.490 e. The van der Waals surface area contributed by atoms with Gasteiger partial charge >= 0.3 is 0 Å². The van der Waals surface area contributed by atoms with E-state index < -0.39 is 6.04 Å². The number of nitrogens with one attached hydrogen (secondary N) is 2. The Morgan fingerprint density at radius 3 is 2.15 bits per heavy atom. The molecule has 27 heavy (non-hydrogen) atoms. The molecule has 0 spiro atoms. The van der Waals surface area contributed by atoms with Crippen LogP contribution in [0.1, 0.15) is 37.5 Å². The van der Waals surface area contributed by atoms with Gasteiger partial charge in [-0.05, 0) is 64.8 Å². The van der Waals surface area contributed by atoms with Crippen LogP contribution in [0.5, 0.6) is 11.5 Å². The molecule has 146 valence electrons. The third kappa shape index (κ3) is 5.39. The fourth-order valence-electron chi connectivity index (χ4n) is 3.07. The molecule has 0 unspecified atom stereocenters. The molecule has 5 nitrogen and oxygen atoms in total. The van der Waals surface area contributed by atoms with Gasteiger partial charge in [0.2, 0.25) is 5.91 Å². The predicted molar refractivity (Wildman–Crippen MR) is 111 cm³/mol. The lowest BCUT2D eigenvalue weighted by atomic mass is 10.0. The summed E-state index contributed by atoms with van der Waals surface area (Å²) in [5, 5.41) is 6.27. The summed E-state index contributed by atoms with van der Waals surface area (Å²) in [5.74, 6) is 1.28. The van der Waals surface area contributed by atoms with Crippen LogP contribution in [0.2, 0.25) is 0 Å². The van der Waals surface area contributed by atoms with Crippen molar-refractivity contribution in [3.05, 3.63) is 47.0 Å². The molecule has 2 rings (SSSR count). The first kappa shape index (κ1) is 20.6. The fraction of sp³-hybridized carbons (Fsp3) is 0.409. The molecule has 0 aliphatic rings. The summed E-state index contributed by atoms with van der Waals surface area (Å²) in [5.41, 5.74) is 5.00. The van der Waals surface area contributed by atoms with Crippen molar-refractivity contribution in [1.82, 2.24) is 0 Å². The van der Waals surface area contributed by atoms with Crippen molar-refractivity contribution in [2.24, 2.45) is 0 Å². The quantitative estimate of drug-likeness (QED) is 0.697. The van der Waals surface area contributed by atoms with Crippen molar-refractivity contribution >= 4 is 17.3 Å². The van der Waals surface area contributed by atoms with E-state index in [4.69, 9.17) is 9.47 Å². The highest BCUT2D eigenvalue weighted by atomic mass is 16.5. The maximum Gasteiger partial charge on any atom is 0.246 e. The Labute approximate surface area is 162 Å². The van der Waals surface area contributed by atoms with Gasteiger partial charge in [0.05, 0.1) is 13.2 Å². The second kappa shape index (κ2) is 9.31. The van der Waals surface area contributed by atoms with Gasteiger partial charge in [-0.2, -0.15) is 0 Å². The van der Waals surface area contributed by atoms with Crippen molar-refractivity contribution < 1.29 is 14.3 Å². The number of carbonyl (C=O) groups excluding carboxylic acids is 1. The number of amides is 1. The fourth-order valence-corrected chi connectivity index (χ4v) is 3.07. The molecule has 0 aliphatic carbocycles. The Morgan fingerprint density at radius 2 is 1.56 bits per heavy atom. The van der Waals surface area contributed by atoms with Gasteiger partial charge in [0, 0.05) is 17.4 Å². The molecule has 0 saturated heterocycles. The number of benzene rings is 2. The predicted octanol–water partition coefficient (Wildman–Crippen LogP) is 4.85. The molecule has 5 heteroatoms. The van der Waals surface area contributed by atoms with Crippen LogP contribution in [0.15, 0.2) is 30.3 Å². The van der Waals surface area contributed by atoms with E-state index in [9.17, 15) is 4.79 Å². The lowest BCUT2D eigenvalue weighted by molar-refractivity contribution is -0.116. The zero-order valence-electron chi connectivity index (χ0n) is 17.1. The van der Waals surface area contributed by atoms with Gasteiger partial charge < -0.3 is 20.1 Å². The monoisotopic (exact) mass is 370 g/mol. The number of carbonyl (C=O) groups is 1. The van der Waals surface area contributed by atoms with E-state index in [1.807, 2.05) is 52.8 Å². The lowest BCUT2D eigenvalue weighted by Crippen LogP contribution is -2.32. The number of ether oxygens (including phenoxy) is 2. The largest absolute Gasteiger partial charge is 0.490 e. The van der Waals surface area contributed by atoms with Gasteiger partial charge in [-0.25, -0.2) is 0 Å². The van der Waals surface area contributed by atoms with Crippen molar-refractivity contribution in [2.45, 2.75) is 47.6 Å². The zero-order chi connectivity index (χ0) is 20.0. The summed E-state index contributed by atoms with van der Waals surface area (Å²) in [7, 11) is 0. The molecule has 2 N–H and O–H groups in total. The Bertz CT molecular complexity index is 779.